The number of hydrogen-bond acceptors (Lipinski definition) is 2. The standard InChI is InChI=1S/C13H10BrF3N2/c1-18-13(7-4-8(14)6-19-5-7)9-2-3-10(15)12(17)11(9)16/h2-6,13,18H,1H3. The van der Waals surface area contributed by atoms with Crippen molar-refractivity contribution in [3.8, 4) is 0 Å². The highest BCUT2D eigenvalue weighted by Crippen LogP contribution is 2.27. The molecule has 6 heteroatoms. The van der Waals surface area contributed by atoms with Crippen molar-refractivity contribution >= 4 is 15.9 Å². The van der Waals surface area contributed by atoms with Gasteiger partial charge in [-0.05, 0) is 40.7 Å². The molecule has 0 radical (unpaired) electrons. The topological polar surface area (TPSA) is 24.9 Å². The molecule has 2 aromatic rings. The van der Waals surface area contributed by atoms with Crippen LogP contribution in [-0.4, -0.2) is 12.0 Å². The number of aromatic nitrogens is 1. The number of hydrogen-bond donors (Lipinski definition) is 1. The Morgan fingerprint density at radius 2 is 1.89 bits per heavy atom. The van der Waals surface area contributed by atoms with Gasteiger partial charge in [-0.3, -0.25) is 4.98 Å². The monoisotopic (exact) mass is 330 g/mol. The largest absolute Gasteiger partial charge is 0.309 e. The molecule has 0 saturated carbocycles. The van der Waals surface area contributed by atoms with Crippen LogP contribution in [0, 0.1) is 17.5 Å². The van der Waals surface area contributed by atoms with Gasteiger partial charge in [0.25, 0.3) is 0 Å². The minimum absolute atomic E-state index is 0.0290. The first-order chi connectivity index (χ1) is 9.04. The fraction of sp³-hybridized carbons (Fsp3) is 0.154. The van der Waals surface area contributed by atoms with Crippen molar-refractivity contribution in [3.05, 3.63) is 63.6 Å². The number of pyridine rings is 1. The van der Waals surface area contributed by atoms with E-state index in [-0.39, 0.29) is 5.56 Å². The first kappa shape index (κ1) is 14.0. The molecule has 1 unspecified atom stereocenters. The van der Waals surface area contributed by atoms with Crippen LogP contribution in [0.3, 0.4) is 0 Å². The summed E-state index contributed by atoms with van der Waals surface area (Å²) in [4.78, 5) is 3.97. The summed E-state index contributed by atoms with van der Waals surface area (Å²) in [6, 6.07) is 3.24. The van der Waals surface area contributed by atoms with Gasteiger partial charge in [-0.15, -0.1) is 0 Å². The van der Waals surface area contributed by atoms with Crippen LogP contribution >= 0.6 is 15.9 Å². The summed E-state index contributed by atoms with van der Waals surface area (Å²) >= 11 is 3.26. The minimum atomic E-state index is -1.47. The predicted molar refractivity (Wildman–Crippen MR) is 69.2 cm³/mol. The van der Waals surface area contributed by atoms with E-state index >= 15 is 0 Å². The van der Waals surface area contributed by atoms with Crippen molar-refractivity contribution in [1.82, 2.24) is 10.3 Å². The summed E-state index contributed by atoms with van der Waals surface area (Å²) < 4.78 is 40.7. The number of nitrogens with one attached hydrogen (secondary N) is 1. The van der Waals surface area contributed by atoms with E-state index in [1.54, 1.807) is 19.3 Å². The van der Waals surface area contributed by atoms with Gasteiger partial charge in [-0.2, -0.15) is 0 Å². The van der Waals surface area contributed by atoms with Crippen molar-refractivity contribution < 1.29 is 13.2 Å². The second-order valence-electron chi connectivity index (χ2n) is 3.92. The van der Waals surface area contributed by atoms with Crippen LogP contribution in [0.25, 0.3) is 0 Å². The lowest BCUT2D eigenvalue weighted by Gasteiger charge is -2.18. The first-order valence-corrected chi connectivity index (χ1v) is 6.25. The van der Waals surface area contributed by atoms with E-state index in [2.05, 4.69) is 26.2 Å². The molecule has 1 aromatic heterocycles. The van der Waals surface area contributed by atoms with E-state index in [1.807, 2.05) is 0 Å². The van der Waals surface area contributed by atoms with Gasteiger partial charge >= 0.3 is 0 Å². The Labute approximate surface area is 116 Å². The zero-order chi connectivity index (χ0) is 14.0. The van der Waals surface area contributed by atoms with Crippen molar-refractivity contribution in [2.24, 2.45) is 0 Å². The zero-order valence-corrected chi connectivity index (χ0v) is 11.5. The van der Waals surface area contributed by atoms with Crippen LogP contribution in [0.1, 0.15) is 17.2 Å². The van der Waals surface area contributed by atoms with Crippen molar-refractivity contribution in [1.29, 1.82) is 0 Å². The average Bonchev–Trinajstić information content (AvgIpc) is 2.40. The number of nitrogens with zero attached hydrogens (tertiary/aromatic N) is 1. The Kier molecular flexibility index (Phi) is 4.21. The van der Waals surface area contributed by atoms with Gasteiger partial charge in [-0.25, -0.2) is 13.2 Å². The molecule has 0 amide bonds. The molecule has 1 N–H and O–H groups in total. The Hall–Kier alpha value is -1.40. The third-order valence-corrected chi connectivity index (χ3v) is 3.16. The smallest absolute Gasteiger partial charge is 0.194 e. The SMILES string of the molecule is CNC(c1cncc(Br)c1)c1ccc(F)c(F)c1F. The van der Waals surface area contributed by atoms with E-state index < -0.39 is 23.5 Å². The molecule has 1 heterocycles. The Morgan fingerprint density at radius 1 is 1.16 bits per heavy atom. The molecule has 1 aromatic carbocycles. The molecule has 0 aliphatic carbocycles. The van der Waals surface area contributed by atoms with Crippen LogP contribution in [-0.2, 0) is 0 Å². The third-order valence-electron chi connectivity index (χ3n) is 2.72. The van der Waals surface area contributed by atoms with Crippen LogP contribution in [0.2, 0.25) is 0 Å². The summed E-state index contributed by atoms with van der Waals surface area (Å²) in [5, 5.41) is 2.86. The molecule has 0 saturated heterocycles. The van der Waals surface area contributed by atoms with Crippen molar-refractivity contribution in [2.75, 3.05) is 7.05 Å². The molecule has 0 aliphatic rings. The van der Waals surface area contributed by atoms with Crippen molar-refractivity contribution in [3.63, 3.8) is 0 Å². The van der Waals surface area contributed by atoms with E-state index in [9.17, 15) is 13.2 Å². The second-order valence-corrected chi connectivity index (χ2v) is 4.84. The molecule has 0 aliphatic heterocycles. The molecule has 0 spiro atoms. The molecular formula is C13H10BrF3N2. The van der Waals surface area contributed by atoms with Gasteiger partial charge in [0, 0.05) is 22.4 Å². The van der Waals surface area contributed by atoms with Crippen LogP contribution < -0.4 is 5.32 Å². The number of benzene rings is 1. The highest BCUT2D eigenvalue weighted by Gasteiger charge is 2.21. The molecule has 0 fully saturated rings. The van der Waals surface area contributed by atoms with Crippen LogP contribution in [0.4, 0.5) is 13.2 Å². The Bertz CT molecular complexity index is 604. The molecule has 2 rings (SSSR count). The highest BCUT2D eigenvalue weighted by atomic mass is 79.9. The van der Waals surface area contributed by atoms with Gasteiger partial charge < -0.3 is 5.32 Å². The molecule has 100 valence electrons. The maximum atomic E-state index is 13.8. The van der Waals surface area contributed by atoms with Gasteiger partial charge in [0.15, 0.2) is 17.5 Å². The molecule has 1 atom stereocenters. The molecule has 0 bridgehead atoms. The highest BCUT2D eigenvalue weighted by molar-refractivity contribution is 9.10. The van der Waals surface area contributed by atoms with Crippen molar-refractivity contribution in [2.45, 2.75) is 6.04 Å². The van der Waals surface area contributed by atoms with E-state index in [1.165, 1.54) is 12.3 Å². The van der Waals surface area contributed by atoms with Crippen LogP contribution in [0.5, 0.6) is 0 Å². The Morgan fingerprint density at radius 3 is 2.53 bits per heavy atom. The van der Waals surface area contributed by atoms with Crippen LogP contribution in [0.15, 0.2) is 35.1 Å². The van der Waals surface area contributed by atoms with E-state index in [4.69, 9.17) is 0 Å². The fourth-order valence-corrected chi connectivity index (χ4v) is 2.23. The maximum absolute atomic E-state index is 13.8. The van der Waals surface area contributed by atoms with Gasteiger partial charge in [-0.1, -0.05) is 6.07 Å². The minimum Gasteiger partial charge on any atom is -0.309 e. The Balaban J connectivity index is 2.51. The summed E-state index contributed by atoms with van der Waals surface area (Å²) in [6.07, 6.45) is 3.12. The lowest BCUT2D eigenvalue weighted by atomic mass is 9.99. The van der Waals surface area contributed by atoms with Gasteiger partial charge in [0.1, 0.15) is 0 Å². The first-order valence-electron chi connectivity index (χ1n) is 5.45. The van der Waals surface area contributed by atoms with E-state index in [0.29, 0.717) is 10.0 Å². The zero-order valence-electron chi connectivity index (χ0n) is 9.92. The summed E-state index contributed by atoms with van der Waals surface area (Å²) in [6.45, 7) is 0. The number of rotatable bonds is 3. The maximum Gasteiger partial charge on any atom is 0.194 e. The molecular weight excluding hydrogens is 321 g/mol. The number of halogens is 4. The van der Waals surface area contributed by atoms with Gasteiger partial charge in [0.2, 0.25) is 0 Å². The molecule has 2 nitrogen and oxygen atoms in total. The van der Waals surface area contributed by atoms with Gasteiger partial charge in [0.05, 0.1) is 6.04 Å². The summed E-state index contributed by atoms with van der Waals surface area (Å²) in [5.74, 6) is -3.87. The molecule has 19 heavy (non-hydrogen) atoms. The average molecular weight is 331 g/mol. The lowest BCUT2D eigenvalue weighted by Crippen LogP contribution is -2.20. The summed E-state index contributed by atoms with van der Waals surface area (Å²) in [7, 11) is 1.60. The normalized spacial score (nSPS) is 12.5. The third kappa shape index (κ3) is 2.79. The fourth-order valence-electron chi connectivity index (χ4n) is 1.85. The second kappa shape index (κ2) is 5.71. The van der Waals surface area contributed by atoms with E-state index in [0.717, 1.165) is 6.07 Å². The lowest BCUT2D eigenvalue weighted by molar-refractivity contribution is 0.435. The quantitative estimate of drug-likeness (QED) is 0.870. The predicted octanol–water partition coefficient (Wildman–Crippen LogP) is 3.57. The summed E-state index contributed by atoms with van der Waals surface area (Å²) in [5.41, 5.74) is 0.670.